The van der Waals surface area contributed by atoms with E-state index in [1.165, 1.54) is 6.08 Å². The maximum absolute atomic E-state index is 10.7. The van der Waals surface area contributed by atoms with E-state index < -0.39 is 0 Å². The number of carbonyl (C=O) groups excluding carboxylic acids is 2. The fraction of sp³-hybridized carbons (Fsp3) is 0.333. The van der Waals surface area contributed by atoms with Crippen molar-refractivity contribution in [3.8, 4) is 0 Å². The molecule has 9 heavy (non-hydrogen) atoms. The van der Waals surface area contributed by atoms with E-state index in [4.69, 9.17) is 0 Å². The number of Topliss-reactive ketones (excluding diaryl/α,β-unsaturated/α-hetero) is 1. The van der Waals surface area contributed by atoms with Crippen molar-refractivity contribution in [2.24, 2.45) is 0 Å². The van der Waals surface area contributed by atoms with Crippen molar-refractivity contribution >= 4 is 11.7 Å². The van der Waals surface area contributed by atoms with Crippen LogP contribution in [-0.4, -0.2) is 18.2 Å². The van der Waals surface area contributed by atoms with Gasteiger partial charge in [0.2, 0.25) is 0 Å². The first-order chi connectivity index (χ1) is 4.25. The van der Waals surface area contributed by atoms with Crippen molar-refractivity contribution in [1.82, 2.24) is 5.32 Å². The second-order valence-electron chi connectivity index (χ2n) is 1.81. The fourth-order valence-corrected chi connectivity index (χ4v) is 0.770. The van der Waals surface area contributed by atoms with Crippen LogP contribution in [0, 0.1) is 0 Å². The van der Waals surface area contributed by atoms with Gasteiger partial charge in [0.25, 0.3) is 5.91 Å². The van der Waals surface area contributed by atoms with Crippen LogP contribution in [0.5, 0.6) is 0 Å². The highest BCUT2D eigenvalue weighted by Gasteiger charge is 2.23. The van der Waals surface area contributed by atoms with Gasteiger partial charge >= 0.3 is 0 Å². The van der Waals surface area contributed by atoms with Crippen LogP contribution in [0.25, 0.3) is 0 Å². The third-order valence-electron chi connectivity index (χ3n) is 1.24. The molecular formula is C6H7NO2. The van der Waals surface area contributed by atoms with Gasteiger partial charge in [-0.05, 0) is 6.92 Å². The SMILES string of the molecule is CC=C1C(=O)CNC1=O. The van der Waals surface area contributed by atoms with Crippen molar-refractivity contribution in [1.29, 1.82) is 0 Å². The molecule has 0 aliphatic carbocycles. The Hall–Kier alpha value is -1.12. The molecule has 0 aromatic rings. The molecule has 0 aromatic carbocycles. The van der Waals surface area contributed by atoms with Crippen molar-refractivity contribution in [2.75, 3.05) is 6.54 Å². The molecule has 1 heterocycles. The molecule has 0 spiro atoms. The number of carbonyl (C=O) groups is 2. The largest absolute Gasteiger partial charge is 0.344 e. The van der Waals surface area contributed by atoms with E-state index in [-0.39, 0.29) is 23.8 Å². The molecule has 1 N–H and O–H groups in total. The Bertz CT molecular complexity index is 175. The minimum atomic E-state index is -0.248. The van der Waals surface area contributed by atoms with Crippen molar-refractivity contribution in [3.63, 3.8) is 0 Å². The first-order valence-electron chi connectivity index (χ1n) is 2.73. The summed E-state index contributed by atoms with van der Waals surface area (Å²) in [5.41, 5.74) is 0.287. The van der Waals surface area contributed by atoms with Crippen LogP contribution in [0.3, 0.4) is 0 Å². The standard InChI is InChI=1S/C6H7NO2/c1-2-4-5(8)3-7-6(4)9/h2H,3H2,1H3,(H,7,9). The van der Waals surface area contributed by atoms with E-state index >= 15 is 0 Å². The van der Waals surface area contributed by atoms with Crippen molar-refractivity contribution < 1.29 is 9.59 Å². The quantitative estimate of drug-likeness (QED) is 0.354. The number of rotatable bonds is 0. The topological polar surface area (TPSA) is 46.2 Å². The molecule has 1 aliphatic rings. The van der Waals surface area contributed by atoms with Gasteiger partial charge in [-0.25, -0.2) is 0 Å². The van der Waals surface area contributed by atoms with Crippen LogP contribution in [0.2, 0.25) is 0 Å². The minimum Gasteiger partial charge on any atom is -0.344 e. The maximum atomic E-state index is 10.7. The summed E-state index contributed by atoms with van der Waals surface area (Å²) in [5.74, 6) is -0.356. The van der Waals surface area contributed by atoms with E-state index in [9.17, 15) is 9.59 Å². The van der Waals surface area contributed by atoms with Gasteiger partial charge in [0.1, 0.15) is 0 Å². The molecule has 0 aromatic heterocycles. The number of ketones is 1. The van der Waals surface area contributed by atoms with Gasteiger partial charge in [-0.2, -0.15) is 0 Å². The van der Waals surface area contributed by atoms with Crippen LogP contribution < -0.4 is 5.32 Å². The molecule has 1 fully saturated rings. The Morgan fingerprint density at radius 1 is 1.56 bits per heavy atom. The van der Waals surface area contributed by atoms with E-state index in [0.717, 1.165) is 0 Å². The molecule has 3 nitrogen and oxygen atoms in total. The number of nitrogens with one attached hydrogen (secondary N) is 1. The van der Waals surface area contributed by atoms with E-state index in [0.29, 0.717) is 0 Å². The Morgan fingerprint density at radius 2 is 2.22 bits per heavy atom. The van der Waals surface area contributed by atoms with E-state index in [2.05, 4.69) is 5.32 Å². The highest BCUT2D eigenvalue weighted by molar-refractivity contribution is 6.24. The van der Waals surface area contributed by atoms with E-state index in [1.807, 2.05) is 0 Å². The lowest BCUT2D eigenvalue weighted by molar-refractivity contribution is -0.117. The third kappa shape index (κ3) is 0.850. The molecule has 0 radical (unpaired) electrons. The predicted octanol–water partition coefficient (Wildman–Crippen LogP) is -0.368. The Morgan fingerprint density at radius 3 is 2.44 bits per heavy atom. The smallest absolute Gasteiger partial charge is 0.255 e. The predicted molar refractivity (Wildman–Crippen MR) is 31.8 cm³/mol. The Labute approximate surface area is 52.7 Å². The van der Waals surface area contributed by atoms with Gasteiger partial charge < -0.3 is 5.32 Å². The second kappa shape index (κ2) is 2.01. The lowest BCUT2D eigenvalue weighted by atomic mass is 10.2. The summed E-state index contributed by atoms with van der Waals surface area (Å²) in [6, 6.07) is 0. The summed E-state index contributed by atoms with van der Waals surface area (Å²) in [7, 11) is 0. The van der Waals surface area contributed by atoms with Gasteiger partial charge in [0.15, 0.2) is 5.78 Å². The van der Waals surface area contributed by atoms with Gasteiger partial charge in [-0.3, -0.25) is 9.59 Å². The zero-order valence-corrected chi connectivity index (χ0v) is 5.10. The highest BCUT2D eigenvalue weighted by Crippen LogP contribution is 2.01. The lowest BCUT2D eigenvalue weighted by Gasteiger charge is -1.83. The summed E-state index contributed by atoms with van der Waals surface area (Å²) >= 11 is 0. The molecule has 1 rings (SSSR count). The molecule has 1 amide bonds. The number of hydrogen-bond donors (Lipinski definition) is 1. The number of allylic oxidation sites excluding steroid dienone is 1. The van der Waals surface area contributed by atoms with Crippen LogP contribution >= 0.6 is 0 Å². The Balaban J connectivity index is 2.91. The van der Waals surface area contributed by atoms with Gasteiger partial charge in [0, 0.05) is 0 Å². The van der Waals surface area contributed by atoms with Gasteiger partial charge in [-0.1, -0.05) is 6.08 Å². The average Bonchev–Trinajstić information content (AvgIpc) is 2.12. The summed E-state index contributed by atoms with van der Waals surface area (Å²) in [4.78, 5) is 21.3. The van der Waals surface area contributed by atoms with Crippen LogP contribution in [0.1, 0.15) is 6.92 Å². The van der Waals surface area contributed by atoms with Crippen LogP contribution in [-0.2, 0) is 9.59 Å². The molecule has 1 aliphatic heterocycles. The first kappa shape index (κ1) is 6.01. The van der Waals surface area contributed by atoms with Crippen molar-refractivity contribution in [3.05, 3.63) is 11.6 Å². The number of amides is 1. The van der Waals surface area contributed by atoms with Gasteiger partial charge in [0.05, 0.1) is 12.1 Å². The Kier molecular flexibility index (Phi) is 1.34. The minimum absolute atomic E-state index is 0.109. The fourth-order valence-electron chi connectivity index (χ4n) is 0.770. The zero-order chi connectivity index (χ0) is 6.85. The van der Waals surface area contributed by atoms with Crippen LogP contribution in [0.4, 0.5) is 0 Å². The summed E-state index contributed by atoms with van der Waals surface area (Å²) in [6.07, 6.45) is 1.53. The zero-order valence-electron chi connectivity index (χ0n) is 5.10. The average molecular weight is 125 g/mol. The monoisotopic (exact) mass is 125 g/mol. The van der Waals surface area contributed by atoms with Gasteiger partial charge in [-0.15, -0.1) is 0 Å². The summed E-state index contributed by atoms with van der Waals surface area (Å²) in [6.45, 7) is 1.84. The number of hydrogen-bond acceptors (Lipinski definition) is 2. The second-order valence-corrected chi connectivity index (χ2v) is 1.81. The first-order valence-corrected chi connectivity index (χ1v) is 2.73. The van der Waals surface area contributed by atoms with Crippen molar-refractivity contribution in [2.45, 2.75) is 6.92 Å². The van der Waals surface area contributed by atoms with Crippen LogP contribution in [0.15, 0.2) is 11.6 Å². The third-order valence-corrected chi connectivity index (χ3v) is 1.24. The maximum Gasteiger partial charge on any atom is 0.255 e. The molecule has 0 atom stereocenters. The molecule has 0 unspecified atom stereocenters. The summed E-state index contributed by atoms with van der Waals surface area (Å²) in [5, 5.41) is 2.41. The summed E-state index contributed by atoms with van der Waals surface area (Å²) < 4.78 is 0. The molecule has 0 bridgehead atoms. The molecular weight excluding hydrogens is 118 g/mol. The molecule has 48 valence electrons. The lowest BCUT2D eigenvalue weighted by Crippen LogP contribution is -2.14. The molecule has 1 saturated heterocycles. The molecule has 0 saturated carbocycles. The highest BCUT2D eigenvalue weighted by atomic mass is 16.2. The van der Waals surface area contributed by atoms with E-state index in [1.54, 1.807) is 6.92 Å². The molecule has 3 heteroatoms. The normalized spacial score (nSPS) is 23.0.